The molecule has 0 saturated carbocycles. The van der Waals surface area contributed by atoms with Crippen molar-refractivity contribution >= 4 is 6.09 Å². The Kier molecular flexibility index (Phi) is 4.36. The minimum atomic E-state index is -0.289. The summed E-state index contributed by atoms with van der Waals surface area (Å²) in [5, 5.41) is 6.65. The first-order chi connectivity index (χ1) is 13.3. The van der Waals surface area contributed by atoms with Gasteiger partial charge in [0, 0.05) is 24.5 Å². The van der Waals surface area contributed by atoms with Gasteiger partial charge in [0.15, 0.2) is 0 Å². The highest BCUT2D eigenvalue weighted by Gasteiger charge is 2.33. The van der Waals surface area contributed by atoms with E-state index >= 15 is 0 Å². The van der Waals surface area contributed by atoms with Crippen LogP contribution in [0.4, 0.5) is 4.79 Å². The van der Waals surface area contributed by atoms with Crippen LogP contribution >= 0.6 is 0 Å². The molecule has 2 aromatic carbocycles. The Labute approximate surface area is 160 Å². The predicted octanol–water partition coefficient (Wildman–Crippen LogP) is 4.06. The van der Waals surface area contributed by atoms with E-state index in [4.69, 9.17) is 4.74 Å². The van der Waals surface area contributed by atoms with Crippen LogP contribution in [0.15, 0.2) is 48.5 Å². The highest BCUT2D eigenvalue weighted by Crippen LogP contribution is 2.44. The normalized spacial score (nSPS) is 25.7. The lowest BCUT2D eigenvalue weighted by Crippen LogP contribution is -2.42. The van der Waals surface area contributed by atoms with Crippen molar-refractivity contribution in [2.75, 3.05) is 13.2 Å². The zero-order valence-electron chi connectivity index (χ0n) is 15.5. The van der Waals surface area contributed by atoms with Gasteiger partial charge in [-0.3, -0.25) is 0 Å². The monoisotopic (exact) mass is 362 g/mol. The lowest BCUT2D eigenvalue weighted by atomic mass is 9.92. The molecule has 140 valence electrons. The number of hydrogen-bond donors (Lipinski definition) is 2. The van der Waals surface area contributed by atoms with Crippen molar-refractivity contribution in [3.8, 4) is 11.1 Å². The Morgan fingerprint density at radius 2 is 1.56 bits per heavy atom. The maximum Gasteiger partial charge on any atom is 0.407 e. The molecule has 2 saturated heterocycles. The standard InChI is InChI=1S/C23H26N2O2/c26-23(24-13-15-11-16-9-10-17(12-15)25-16)27-14-22-20-7-3-1-5-18(20)19-6-2-4-8-21(19)22/h1-8,15-17,22,25H,9-14H2,(H,24,26). The molecule has 4 heteroatoms. The average molecular weight is 362 g/mol. The maximum absolute atomic E-state index is 12.3. The first-order valence-electron chi connectivity index (χ1n) is 10.1. The second-order valence-corrected chi connectivity index (χ2v) is 8.18. The fourth-order valence-electron chi connectivity index (χ4n) is 5.22. The van der Waals surface area contributed by atoms with Gasteiger partial charge in [0.25, 0.3) is 0 Å². The lowest BCUT2D eigenvalue weighted by Gasteiger charge is -2.29. The first kappa shape index (κ1) is 16.8. The van der Waals surface area contributed by atoms with Crippen LogP contribution in [0.3, 0.4) is 0 Å². The molecule has 2 fully saturated rings. The van der Waals surface area contributed by atoms with Crippen LogP contribution in [0.1, 0.15) is 42.7 Å². The molecular formula is C23H26N2O2. The van der Waals surface area contributed by atoms with E-state index in [1.165, 1.54) is 47.9 Å². The van der Waals surface area contributed by atoms with E-state index in [1.807, 2.05) is 0 Å². The molecule has 5 rings (SSSR count). The summed E-state index contributed by atoms with van der Waals surface area (Å²) in [7, 11) is 0. The predicted molar refractivity (Wildman–Crippen MR) is 106 cm³/mol. The van der Waals surface area contributed by atoms with Gasteiger partial charge in [0.05, 0.1) is 0 Å². The van der Waals surface area contributed by atoms with Crippen molar-refractivity contribution < 1.29 is 9.53 Å². The van der Waals surface area contributed by atoms with Gasteiger partial charge in [-0.25, -0.2) is 4.79 Å². The van der Waals surface area contributed by atoms with E-state index in [0.29, 0.717) is 24.6 Å². The number of ether oxygens (including phenoxy) is 1. The Balaban J connectivity index is 1.19. The van der Waals surface area contributed by atoms with Gasteiger partial charge in [0.1, 0.15) is 6.61 Å². The smallest absolute Gasteiger partial charge is 0.407 e. The van der Waals surface area contributed by atoms with Gasteiger partial charge in [-0.2, -0.15) is 0 Å². The molecule has 2 N–H and O–H groups in total. The quantitative estimate of drug-likeness (QED) is 0.862. The number of rotatable bonds is 4. The Morgan fingerprint density at radius 1 is 0.963 bits per heavy atom. The summed E-state index contributed by atoms with van der Waals surface area (Å²) in [5.74, 6) is 0.696. The van der Waals surface area contributed by atoms with Crippen molar-refractivity contribution in [1.82, 2.24) is 10.6 Å². The van der Waals surface area contributed by atoms with E-state index in [-0.39, 0.29) is 12.0 Å². The third kappa shape index (κ3) is 3.23. The highest BCUT2D eigenvalue weighted by atomic mass is 16.5. The van der Waals surface area contributed by atoms with E-state index in [0.717, 1.165) is 6.54 Å². The number of benzene rings is 2. The van der Waals surface area contributed by atoms with Crippen molar-refractivity contribution in [3.05, 3.63) is 59.7 Å². The molecule has 1 aliphatic carbocycles. The minimum Gasteiger partial charge on any atom is -0.449 e. The molecule has 27 heavy (non-hydrogen) atoms. The molecule has 0 aromatic heterocycles. The number of hydrogen-bond acceptors (Lipinski definition) is 3. The van der Waals surface area contributed by atoms with E-state index < -0.39 is 0 Å². The number of carbonyl (C=O) groups is 1. The lowest BCUT2D eigenvalue weighted by molar-refractivity contribution is 0.139. The van der Waals surface area contributed by atoms with Gasteiger partial charge in [-0.05, 0) is 53.9 Å². The number of piperidine rings is 1. The number of carbonyl (C=O) groups excluding carboxylic acids is 1. The zero-order valence-corrected chi connectivity index (χ0v) is 15.5. The van der Waals surface area contributed by atoms with Gasteiger partial charge in [-0.1, -0.05) is 48.5 Å². The summed E-state index contributed by atoms with van der Waals surface area (Å²) in [4.78, 5) is 12.3. The van der Waals surface area contributed by atoms with Crippen molar-refractivity contribution in [3.63, 3.8) is 0 Å². The molecule has 2 atom stereocenters. The van der Waals surface area contributed by atoms with Crippen LogP contribution < -0.4 is 10.6 Å². The molecule has 3 aliphatic rings. The van der Waals surface area contributed by atoms with Crippen LogP contribution in [-0.2, 0) is 4.74 Å². The first-order valence-corrected chi connectivity index (χ1v) is 10.1. The summed E-state index contributed by atoms with van der Waals surface area (Å²) in [6, 6.07) is 18.1. The molecule has 2 aromatic rings. The van der Waals surface area contributed by atoms with E-state index in [1.54, 1.807) is 0 Å². The Morgan fingerprint density at radius 3 is 2.19 bits per heavy atom. The molecule has 0 radical (unpaired) electrons. The van der Waals surface area contributed by atoms with E-state index in [9.17, 15) is 4.79 Å². The van der Waals surface area contributed by atoms with Crippen LogP contribution in [0.2, 0.25) is 0 Å². The molecule has 1 amide bonds. The summed E-state index contributed by atoms with van der Waals surface area (Å²) < 4.78 is 5.63. The zero-order chi connectivity index (χ0) is 18.2. The van der Waals surface area contributed by atoms with Gasteiger partial charge >= 0.3 is 6.09 Å². The van der Waals surface area contributed by atoms with Crippen LogP contribution in [0.5, 0.6) is 0 Å². The summed E-state index contributed by atoms with van der Waals surface area (Å²) in [6.07, 6.45) is 4.61. The largest absolute Gasteiger partial charge is 0.449 e. The van der Waals surface area contributed by atoms with Crippen molar-refractivity contribution in [2.45, 2.75) is 43.7 Å². The maximum atomic E-state index is 12.3. The van der Waals surface area contributed by atoms with Crippen LogP contribution in [0, 0.1) is 5.92 Å². The van der Waals surface area contributed by atoms with Gasteiger partial charge in [0.2, 0.25) is 0 Å². The number of alkyl carbamates (subject to hydrolysis) is 1. The summed E-state index contributed by atoms with van der Waals surface area (Å²) >= 11 is 0. The molecule has 2 unspecified atom stereocenters. The molecule has 2 heterocycles. The summed E-state index contributed by atoms with van der Waals surface area (Å²) in [6.45, 7) is 1.11. The second-order valence-electron chi connectivity index (χ2n) is 8.18. The number of amides is 1. The van der Waals surface area contributed by atoms with Gasteiger partial charge in [-0.15, -0.1) is 0 Å². The van der Waals surface area contributed by atoms with Gasteiger partial charge < -0.3 is 15.4 Å². The molecule has 2 aliphatic heterocycles. The van der Waals surface area contributed by atoms with Crippen LogP contribution in [0.25, 0.3) is 11.1 Å². The highest BCUT2D eigenvalue weighted by molar-refractivity contribution is 5.79. The molecule has 2 bridgehead atoms. The topological polar surface area (TPSA) is 50.4 Å². The third-order valence-corrected chi connectivity index (χ3v) is 6.45. The van der Waals surface area contributed by atoms with Crippen LogP contribution in [-0.4, -0.2) is 31.3 Å². The number of fused-ring (bicyclic) bond motifs is 5. The second kappa shape index (κ2) is 7.01. The van der Waals surface area contributed by atoms with Crippen molar-refractivity contribution in [1.29, 1.82) is 0 Å². The fourth-order valence-corrected chi connectivity index (χ4v) is 5.22. The average Bonchev–Trinajstić information content (AvgIpc) is 3.21. The minimum absolute atomic E-state index is 0.123. The Bertz CT molecular complexity index is 792. The SMILES string of the molecule is O=C(NCC1CC2CCC(C1)N2)OCC1c2ccccc2-c2ccccc21. The number of nitrogens with one attached hydrogen (secondary N) is 2. The molecule has 4 nitrogen and oxygen atoms in total. The van der Waals surface area contributed by atoms with Crippen molar-refractivity contribution in [2.24, 2.45) is 5.92 Å². The third-order valence-electron chi connectivity index (χ3n) is 6.45. The molecule has 0 spiro atoms. The molecular weight excluding hydrogens is 336 g/mol. The van der Waals surface area contributed by atoms with E-state index in [2.05, 4.69) is 59.2 Å². The fraction of sp³-hybridized carbons (Fsp3) is 0.435. The Hall–Kier alpha value is -2.33. The summed E-state index contributed by atoms with van der Waals surface area (Å²) in [5.41, 5.74) is 5.02.